The molecule has 0 atom stereocenters. The average molecular weight is 260 g/mol. The first kappa shape index (κ1) is 16.3. The molecule has 0 saturated carbocycles. The summed E-state index contributed by atoms with van der Waals surface area (Å²) in [7, 11) is 0. The molecule has 0 radical (unpaired) electrons. The summed E-state index contributed by atoms with van der Waals surface area (Å²) in [5.41, 5.74) is 0. The van der Waals surface area contributed by atoms with E-state index in [1.807, 2.05) is 0 Å². The van der Waals surface area contributed by atoms with E-state index in [-0.39, 0.29) is 0 Å². The van der Waals surface area contributed by atoms with Gasteiger partial charge in [0.2, 0.25) is 0 Å². The molecule has 1 aliphatic carbocycles. The van der Waals surface area contributed by atoms with Crippen LogP contribution < -0.4 is 0 Å². The SMILES string of the molecule is C1=CCCCCCCCCCCCCC/C=C\C=C/1. The number of hydrogen-bond donors (Lipinski definition) is 0. The maximum Gasteiger partial charge on any atom is -0.0348 e. The predicted molar refractivity (Wildman–Crippen MR) is 87.4 cm³/mol. The molecule has 0 aromatic rings. The molecule has 0 aromatic heterocycles. The Hall–Kier alpha value is -0.780. The van der Waals surface area contributed by atoms with E-state index in [0.717, 1.165) is 0 Å². The average Bonchev–Trinajstić information content (AvgIpc) is 2.43. The zero-order valence-corrected chi connectivity index (χ0v) is 12.7. The van der Waals surface area contributed by atoms with Crippen LogP contribution in [0.1, 0.15) is 83.5 Å². The van der Waals surface area contributed by atoms with Gasteiger partial charge >= 0.3 is 0 Å². The van der Waals surface area contributed by atoms with Crippen molar-refractivity contribution in [2.75, 3.05) is 0 Å². The minimum atomic E-state index is 1.24. The maximum absolute atomic E-state index is 2.30. The first-order valence-corrected chi connectivity index (χ1v) is 8.48. The highest BCUT2D eigenvalue weighted by Gasteiger charge is 1.93. The van der Waals surface area contributed by atoms with Crippen LogP contribution in [0.2, 0.25) is 0 Å². The van der Waals surface area contributed by atoms with Crippen LogP contribution in [0.15, 0.2) is 36.5 Å². The number of rotatable bonds is 0. The van der Waals surface area contributed by atoms with E-state index in [1.165, 1.54) is 83.5 Å². The summed E-state index contributed by atoms with van der Waals surface area (Å²) in [4.78, 5) is 0. The van der Waals surface area contributed by atoms with E-state index < -0.39 is 0 Å². The van der Waals surface area contributed by atoms with Gasteiger partial charge in [-0.15, -0.1) is 0 Å². The van der Waals surface area contributed by atoms with Gasteiger partial charge in [-0.1, -0.05) is 94.2 Å². The molecule has 0 fully saturated rings. The second-order valence-corrected chi connectivity index (χ2v) is 5.71. The van der Waals surface area contributed by atoms with Gasteiger partial charge in [0.15, 0.2) is 0 Å². The van der Waals surface area contributed by atoms with Gasteiger partial charge in [0.25, 0.3) is 0 Å². The summed E-state index contributed by atoms with van der Waals surface area (Å²) in [5, 5.41) is 0. The van der Waals surface area contributed by atoms with E-state index in [4.69, 9.17) is 0 Å². The van der Waals surface area contributed by atoms with Crippen molar-refractivity contribution in [1.29, 1.82) is 0 Å². The molecule has 19 heavy (non-hydrogen) atoms. The second-order valence-electron chi connectivity index (χ2n) is 5.71. The van der Waals surface area contributed by atoms with Crippen molar-refractivity contribution in [2.45, 2.75) is 83.5 Å². The normalized spacial score (nSPS) is 24.8. The molecular formula is C19H32. The molecule has 0 spiro atoms. The summed E-state index contributed by atoms with van der Waals surface area (Å²) in [6.45, 7) is 0. The van der Waals surface area contributed by atoms with Crippen LogP contribution in [0.4, 0.5) is 0 Å². The van der Waals surface area contributed by atoms with E-state index in [9.17, 15) is 0 Å². The van der Waals surface area contributed by atoms with Crippen molar-refractivity contribution < 1.29 is 0 Å². The fourth-order valence-corrected chi connectivity index (χ4v) is 2.59. The second kappa shape index (κ2) is 13.6. The molecule has 0 N–H and O–H groups in total. The zero-order valence-electron chi connectivity index (χ0n) is 12.7. The Morgan fingerprint density at radius 1 is 0.316 bits per heavy atom. The fraction of sp³-hybridized carbons (Fsp3) is 0.684. The highest BCUT2D eigenvalue weighted by atomic mass is 14.0. The van der Waals surface area contributed by atoms with Gasteiger partial charge in [-0.3, -0.25) is 0 Å². The molecule has 0 aromatic carbocycles. The molecule has 0 aliphatic heterocycles. The van der Waals surface area contributed by atoms with E-state index >= 15 is 0 Å². The van der Waals surface area contributed by atoms with Gasteiger partial charge in [-0.05, 0) is 25.7 Å². The first-order chi connectivity index (χ1) is 9.50. The molecule has 0 bridgehead atoms. The van der Waals surface area contributed by atoms with Crippen LogP contribution >= 0.6 is 0 Å². The number of hydrogen-bond acceptors (Lipinski definition) is 0. The van der Waals surface area contributed by atoms with Gasteiger partial charge in [-0.25, -0.2) is 0 Å². The monoisotopic (exact) mass is 260 g/mol. The molecule has 0 saturated heterocycles. The highest BCUT2D eigenvalue weighted by Crippen LogP contribution is 2.12. The lowest BCUT2D eigenvalue weighted by molar-refractivity contribution is 0.547. The summed E-state index contributed by atoms with van der Waals surface area (Å²) in [6.07, 6.45) is 31.5. The van der Waals surface area contributed by atoms with Crippen LogP contribution in [0, 0.1) is 0 Å². The van der Waals surface area contributed by atoms with Crippen LogP contribution in [0.25, 0.3) is 0 Å². The van der Waals surface area contributed by atoms with Gasteiger partial charge in [-0.2, -0.15) is 0 Å². The van der Waals surface area contributed by atoms with Gasteiger partial charge in [0.1, 0.15) is 0 Å². The van der Waals surface area contributed by atoms with Crippen LogP contribution in [-0.4, -0.2) is 0 Å². The Kier molecular flexibility index (Phi) is 11.7. The summed E-state index contributed by atoms with van der Waals surface area (Å²) < 4.78 is 0. The molecule has 0 heteroatoms. The van der Waals surface area contributed by atoms with Gasteiger partial charge < -0.3 is 0 Å². The zero-order chi connectivity index (χ0) is 13.4. The van der Waals surface area contributed by atoms with Crippen molar-refractivity contribution in [3.63, 3.8) is 0 Å². The summed E-state index contributed by atoms with van der Waals surface area (Å²) in [6, 6.07) is 0. The van der Waals surface area contributed by atoms with Crippen LogP contribution in [0.3, 0.4) is 0 Å². The maximum atomic E-state index is 2.30. The first-order valence-electron chi connectivity index (χ1n) is 8.48. The molecule has 0 amide bonds. The third kappa shape index (κ3) is 12.0. The lowest BCUT2D eigenvalue weighted by Gasteiger charge is -2.02. The third-order valence-electron chi connectivity index (χ3n) is 3.85. The lowest BCUT2D eigenvalue weighted by Crippen LogP contribution is -1.82. The van der Waals surface area contributed by atoms with Crippen molar-refractivity contribution in [1.82, 2.24) is 0 Å². The summed E-state index contributed by atoms with van der Waals surface area (Å²) >= 11 is 0. The Morgan fingerprint density at radius 3 is 1.00 bits per heavy atom. The lowest BCUT2D eigenvalue weighted by atomic mass is 10.0. The topological polar surface area (TPSA) is 0 Å². The van der Waals surface area contributed by atoms with Crippen molar-refractivity contribution in [2.24, 2.45) is 0 Å². The summed E-state index contributed by atoms with van der Waals surface area (Å²) in [5.74, 6) is 0. The molecule has 0 nitrogen and oxygen atoms in total. The fourth-order valence-electron chi connectivity index (χ4n) is 2.59. The van der Waals surface area contributed by atoms with Gasteiger partial charge in [0.05, 0.1) is 0 Å². The Balaban J connectivity index is 2.19. The van der Waals surface area contributed by atoms with Gasteiger partial charge in [0, 0.05) is 0 Å². The molecule has 0 heterocycles. The van der Waals surface area contributed by atoms with Crippen molar-refractivity contribution in [3.05, 3.63) is 36.5 Å². The number of allylic oxidation sites excluding steroid dienone is 6. The van der Waals surface area contributed by atoms with E-state index in [2.05, 4.69) is 36.5 Å². The third-order valence-corrected chi connectivity index (χ3v) is 3.85. The van der Waals surface area contributed by atoms with E-state index in [0.29, 0.717) is 0 Å². The largest absolute Gasteiger partial charge is 0.0845 e. The van der Waals surface area contributed by atoms with Crippen molar-refractivity contribution >= 4 is 0 Å². The van der Waals surface area contributed by atoms with Crippen molar-refractivity contribution in [3.8, 4) is 0 Å². The molecular weight excluding hydrogens is 228 g/mol. The minimum absolute atomic E-state index is 1.24. The van der Waals surface area contributed by atoms with E-state index in [1.54, 1.807) is 0 Å². The Bertz CT molecular complexity index is 231. The minimum Gasteiger partial charge on any atom is -0.0845 e. The quantitative estimate of drug-likeness (QED) is 0.452. The predicted octanol–water partition coefficient (Wildman–Crippen LogP) is 6.74. The molecule has 1 aliphatic rings. The van der Waals surface area contributed by atoms with Crippen LogP contribution in [-0.2, 0) is 0 Å². The molecule has 0 unspecified atom stereocenters. The molecule has 1 rings (SSSR count). The van der Waals surface area contributed by atoms with Crippen LogP contribution in [0.5, 0.6) is 0 Å². The Morgan fingerprint density at radius 2 is 0.632 bits per heavy atom. The smallest absolute Gasteiger partial charge is 0.0348 e. The molecule has 108 valence electrons. The standard InChI is InChI=1S/C19H32/c1-2-4-6-8-10-12-14-16-18-19-17-15-13-11-9-7-5-3-1/h1-6H,7-19H2/b2-1-,5-3-,6-4?. The highest BCUT2D eigenvalue weighted by molar-refractivity contribution is 5.10. The Labute approximate surface area is 120 Å².